The fourth-order valence-electron chi connectivity index (χ4n) is 3.68. The van der Waals surface area contributed by atoms with Crippen molar-refractivity contribution in [1.82, 2.24) is 4.98 Å². The fourth-order valence-corrected chi connectivity index (χ4v) is 3.68. The largest absolute Gasteiger partial charge is 0.482 e. The molecule has 0 saturated heterocycles. The number of anilines is 1. The molecule has 1 heterocycles. The van der Waals surface area contributed by atoms with Crippen molar-refractivity contribution in [2.24, 2.45) is 5.92 Å². The molecule has 144 valence electrons. The average Bonchev–Trinajstić information content (AvgIpc) is 2.61. The van der Waals surface area contributed by atoms with Crippen molar-refractivity contribution in [3.63, 3.8) is 0 Å². The lowest BCUT2D eigenvalue weighted by Crippen LogP contribution is -2.20. The molecule has 0 aliphatic heterocycles. The maximum absolute atomic E-state index is 12.3. The number of rotatable bonds is 5. The monoisotopic (exact) mass is 378 g/mol. The summed E-state index contributed by atoms with van der Waals surface area (Å²) in [7, 11) is 0. The summed E-state index contributed by atoms with van der Waals surface area (Å²) in [4.78, 5) is 14.9. The van der Waals surface area contributed by atoms with Crippen LogP contribution in [0.3, 0.4) is 0 Å². The Hall–Kier alpha value is -2.57. The number of halogens is 3. The molecule has 1 aliphatic rings. The molecule has 27 heavy (non-hydrogen) atoms. The average molecular weight is 378 g/mol. The van der Waals surface area contributed by atoms with Gasteiger partial charge in [-0.05, 0) is 55.2 Å². The van der Waals surface area contributed by atoms with Gasteiger partial charge >= 0.3 is 12.3 Å². The van der Waals surface area contributed by atoms with E-state index in [1.807, 2.05) is 24.3 Å². The van der Waals surface area contributed by atoms with Crippen LogP contribution in [0.5, 0.6) is 0 Å². The predicted octanol–water partition coefficient (Wildman–Crippen LogP) is 5.43. The number of nitrogens with zero attached hydrogens (tertiary/aromatic N) is 1. The van der Waals surface area contributed by atoms with Gasteiger partial charge in [0.05, 0.1) is 17.6 Å². The molecule has 0 radical (unpaired) electrons. The van der Waals surface area contributed by atoms with E-state index in [1.165, 1.54) is 23.1 Å². The van der Waals surface area contributed by atoms with Crippen molar-refractivity contribution in [2.45, 2.75) is 44.3 Å². The third kappa shape index (κ3) is 5.45. The minimum Gasteiger partial charge on any atom is -0.481 e. The fraction of sp³-hybridized carbons (Fsp3) is 0.400. The number of hydrogen-bond donors (Lipinski definition) is 2. The number of hydrogen-bond acceptors (Lipinski definition) is 3. The molecule has 7 heteroatoms. The van der Waals surface area contributed by atoms with Crippen molar-refractivity contribution in [1.29, 1.82) is 0 Å². The van der Waals surface area contributed by atoms with Gasteiger partial charge in [-0.25, -0.2) is 0 Å². The zero-order valence-corrected chi connectivity index (χ0v) is 14.7. The smallest absolute Gasteiger partial charge is 0.481 e. The van der Waals surface area contributed by atoms with Crippen LogP contribution >= 0.6 is 0 Å². The second-order valence-corrected chi connectivity index (χ2v) is 6.99. The summed E-state index contributed by atoms with van der Waals surface area (Å²) in [5.41, 5.74) is 2.57. The van der Waals surface area contributed by atoms with Gasteiger partial charge < -0.3 is 5.11 Å². The van der Waals surface area contributed by atoms with Gasteiger partial charge in [0.15, 0.2) is 0 Å². The molecule has 1 fully saturated rings. The van der Waals surface area contributed by atoms with Crippen molar-refractivity contribution in [3.8, 4) is 11.3 Å². The molecule has 1 aliphatic carbocycles. The van der Waals surface area contributed by atoms with Crippen molar-refractivity contribution < 1.29 is 23.1 Å². The van der Waals surface area contributed by atoms with Crippen LogP contribution in [0.15, 0.2) is 42.6 Å². The van der Waals surface area contributed by atoms with Gasteiger partial charge in [0.1, 0.15) is 0 Å². The molecular weight excluding hydrogens is 357 g/mol. The maximum Gasteiger partial charge on any atom is 0.482 e. The van der Waals surface area contributed by atoms with Crippen LogP contribution in [-0.2, 0) is 4.79 Å². The number of aromatic nitrogens is 1. The lowest BCUT2D eigenvalue weighted by molar-refractivity contribution is -0.138. The summed E-state index contributed by atoms with van der Waals surface area (Å²) < 4.78 is 36.9. The first-order valence-electron chi connectivity index (χ1n) is 8.93. The van der Waals surface area contributed by atoms with E-state index < -0.39 is 12.3 Å². The molecule has 3 rings (SSSR count). The van der Waals surface area contributed by atoms with Gasteiger partial charge in [-0.3, -0.25) is 15.1 Å². The van der Waals surface area contributed by atoms with Gasteiger partial charge in [-0.1, -0.05) is 24.3 Å². The summed E-state index contributed by atoms with van der Waals surface area (Å²) in [6.07, 6.45) is 0.744. The highest BCUT2D eigenvalue weighted by Crippen LogP contribution is 2.37. The van der Waals surface area contributed by atoms with Gasteiger partial charge in [0, 0.05) is 12.0 Å². The highest BCUT2D eigenvalue weighted by atomic mass is 19.4. The highest BCUT2D eigenvalue weighted by Gasteiger charge is 2.27. The van der Waals surface area contributed by atoms with E-state index in [4.69, 9.17) is 5.11 Å². The molecule has 0 atom stereocenters. The Bertz CT molecular complexity index is 765. The summed E-state index contributed by atoms with van der Waals surface area (Å²) >= 11 is 0. The molecule has 1 aromatic heterocycles. The van der Waals surface area contributed by atoms with Gasteiger partial charge in [-0.2, -0.15) is 13.2 Å². The van der Waals surface area contributed by atoms with Crippen LogP contribution in [0.2, 0.25) is 0 Å². The molecule has 4 nitrogen and oxygen atoms in total. The molecule has 2 N–H and O–H groups in total. The first kappa shape index (κ1) is 19.2. The Labute approximate surface area is 155 Å². The van der Waals surface area contributed by atoms with Crippen LogP contribution < -0.4 is 5.32 Å². The topological polar surface area (TPSA) is 62.2 Å². The molecule has 0 amide bonds. The third-order valence-corrected chi connectivity index (χ3v) is 5.04. The van der Waals surface area contributed by atoms with Crippen LogP contribution in [0, 0.1) is 5.92 Å². The first-order chi connectivity index (χ1) is 12.8. The van der Waals surface area contributed by atoms with Crippen LogP contribution in [0.25, 0.3) is 11.3 Å². The summed E-state index contributed by atoms with van der Waals surface area (Å²) in [5, 5.41) is 10.3. The number of nitrogens with one attached hydrogen (secondary N) is 1. The number of carbonyl (C=O) groups is 1. The number of aliphatic carboxylic acids is 1. The van der Waals surface area contributed by atoms with Crippen molar-refractivity contribution in [3.05, 3.63) is 48.2 Å². The minimum absolute atomic E-state index is 0.0963. The lowest BCUT2D eigenvalue weighted by atomic mass is 9.77. The van der Waals surface area contributed by atoms with Gasteiger partial charge in [0.2, 0.25) is 0 Å². The quantitative estimate of drug-likeness (QED) is 0.681. The Morgan fingerprint density at radius 1 is 1.07 bits per heavy atom. The molecule has 0 bridgehead atoms. The Balaban J connectivity index is 1.61. The Morgan fingerprint density at radius 2 is 1.74 bits per heavy atom. The number of alkyl halides is 3. The standard InChI is InChI=1S/C20H21F3N2O2/c21-20(22,23)25-17-9-10-18(24-12-17)16-7-5-15(6-8-16)14-3-1-13(2-4-14)11-19(26)27/h5-10,12-14,25H,1-4,11H2,(H,26,27). The highest BCUT2D eigenvalue weighted by molar-refractivity contribution is 5.67. The van der Waals surface area contributed by atoms with E-state index in [0.29, 0.717) is 11.6 Å². The molecule has 2 aromatic rings. The Kier molecular flexibility index (Phi) is 5.68. The summed E-state index contributed by atoms with van der Waals surface area (Å²) in [5.74, 6) is -0.0341. The molecular formula is C20H21F3N2O2. The SMILES string of the molecule is O=C(O)CC1CCC(c2ccc(-c3ccc(NC(F)(F)F)cn3)cc2)CC1. The Morgan fingerprint density at radius 3 is 2.26 bits per heavy atom. The van der Waals surface area contributed by atoms with Gasteiger partial charge in [-0.15, -0.1) is 0 Å². The van der Waals surface area contributed by atoms with E-state index in [-0.39, 0.29) is 18.0 Å². The minimum atomic E-state index is -4.48. The number of pyridine rings is 1. The van der Waals surface area contributed by atoms with Crippen LogP contribution in [0.4, 0.5) is 18.9 Å². The zero-order chi connectivity index (χ0) is 19.4. The molecule has 0 unspecified atom stereocenters. The normalized spacial score (nSPS) is 20.3. The van der Waals surface area contributed by atoms with Crippen LogP contribution in [0.1, 0.15) is 43.6 Å². The molecule has 1 saturated carbocycles. The maximum atomic E-state index is 12.3. The van der Waals surface area contributed by atoms with E-state index in [0.717, 1.165) is 31.2 Å². The van der Waals surface area contributed by atoms with E-state index in [2.05, 4.69) is 4.98 Å². The zero-order valence-electron chi connectivity index (χ0n) is 14.7. The second-order valence-electron chi connectivity index (χ2n) is 6.99. The molecule has 0 spiro atoms. The van der Waals surface area contributed by atoms with E-state index >= 15 is 0 Å². The summed E-state index contributed by atoms with van der Waals surface area (Å²) in [6.45, 7) is 0. The lowest BCUT2D eigenvalue weighted by Gasteiger charge is -2.28. The third-order valence-electron chi connectivity index (χ3n) is 5.04. The predicted molar refractivity (Wildman–Crippen MR) is 96.3 cm³/mol. The molecule has 1 aromatic carbocycles. The van der Waals surface area contributed by atoms with Crippen LogP contribution in [-0.4, -0.2) is 22.4 Å². The van der Waals surface area contributed by atoms with Crippen molar-refractivity contribution >= 4 is 11.7 Å². The number of carboxylic acids is 1. The van der Waals surface area contributed by atoms with E-state index in [1.54, 1.807) is 6.07 Å². The van der Waals surface area contributed by atoms with E-state index in [9.17, 15) is 18.0 Å². The van der Waals surface area contributed by atoms with Crippen molar-refractivity contribution in [2.75, 3.05) is 5.32 Å². The first-order valence-corrected chi connectivity index (χ1v) is 8.93. The second kappa shape index (κ2) is 7.98. The van der Waals surface area contributed by atoms with Gasteiger partial charge in [0.25, 0.3) is 0 Å². The number of carboxylic acid groups (broad SMARTS) is 1. The number of benzene rings is 1. The summed E-state index contributed by atoms with van der Waals surface area (Å²) in [6, 6.07) is 10.8.